The van der Waals surface area contributed by atoms with Crippen LogP contribution in [0, 0.1) is 6.92 Å². The molecule has 132 valence electrons. The zero-order valence-corrected chi connectivity index (χ0v) is 14.9. The van der Waals surface area contributed by atoms with Gasteiger partial charge in [-0.3, -0.25) is 9.78 Å². The van der Waals surface area contributed by atoms with Crippen molar-refractivity contribution in [3.8, 4) is 0 Å². The van der Waals surface area contributed by atoms with Gasteiger partial charge in [0.15, 0.2) is 0 Å². The summed E-state index contributed by atoms with van der Waals surface area (Å²) in [7, 11) is 0. The maximum Gasteiger partial charge on any atom is 0.278 e. The van der Waals surface area contributed by atoms with Gasteiger partial charge in [-0.1, -0.05) is 18.2 Å². The summed E-state index contributed by atoms with van der Waals surface area (Å²) < 4.78 is 0. The van der Waals surface area contributed by atoms with Crippen LogP contribution in [0.2, 0.25) is 0 Å². The predicted octanol–water partition coefficient (Wildman–Crippen LogP) is 3.46. The van der Waals surface area contributed by atoms with Crippen LogP contribution >= 0.6 is 0 Å². The van der Waals surface area contributed by atoms with Gasteiger partial charge in [-0.05, 0) is 43.2 Å². The molecule has 0 aliphatic rings. The summed E-state index contributed by atoms with van der Waals surface area (Å²) in [6.45, 7) is 5.10. The Hall–Kier alpha value is -3.28. The molecule has 2 aromatic heterocycles. The fraction of sp³-hybridized carbons (Fsp3) is 0.200. The molecule has 0 fully saturated rings. The molecule has 0 bridgehead atoms. The molecule has 6 nitrogen and oxygen atoms in total. The van der Waals surface area contributed by atoms with Crippen LogP contribution in [0.5, 0.6) is 0 Å². The number of nitrogens with zero attached hydrogens (tertiary/aromatic N) is 4. The first-order chi connectivity index (χ1) is 12.7. The van der Waals surface area contributed by atoms with Gasteiger partial charge in [-0.25, -0.2) is 9.97 Å². The van der Waals surface area contributed by atoms with Crippen molar-refractivity contribution in [3.05, 3.63) is 78.0 Å². The molecule has 0 aliphatic heterocycles. The van der Waals surface area contributed by atoms with Crippen LogP contribution in [-0.2, 0) is 6.54 Å². The molecule has 2 heterocycles. The number of benzene rings is 1. The van der Waals surface area contributed by atoms with Gasteiger partial charge in [0.05, 0.1) is 12.4 Å². The maximum absolute atomic E-state index is 12.8. The number of aryl methyl sites for hydroxylation is 1. The van der Waals surface area contributed by atoms with Crippen LogP contribution < -0.4 is 10.2 Å². The van der Waals surface area contributed by atoms with Crippen LogP contribution in [0.25, 0.3) is 0 Å². The minimum Gasteiger partial charge on any atom is -0.365 e. The molecule has 0 saturated carbocycles. The van der Waals surface area contributed by atoms with E-state index in [0.717, 1.165) is 16.8 Å². The summed E-state index contributed by atoms with van der Waals surface area (Å²) in [5, 5.41) is 3.17. The Balaban J connectivity index is 1.69. The quantitative estimate of drug-likeness (QED) is 0.739. The van der Waals surface area contributed by atoms with Crippen molar-refractivity contribution in [1.82, 2.24) is 15.0 Å². The number of nitrogens with one attached hydrogen (secondary N) is 1. The number of hydrogen-bond acceptors (Lipinski definition) is 5. The molecule has 1 aromatic carbocycles. The van der Waals surface area contributed by atoms with E-state index in [2.05, 4.69) is 20.3 Å². The minimum absolute atomic E-state index is 0.163. The van der Waals surface area contributed by atoms with Gasteiger partial charge < -0.3 is 10.2 Å². The predicted molar refractivity (Wildman–Crippen MR) is 102 cm³/mol. The fourth-order valence-corrected chi connectivity index (χ4v) is 2.60. The number of carbonyl (C=O) groups is 1. The number of rotatable bonds is 6. The third-order valence-electron chi connectivity index (χ3n) is 3.94. The molecule has 6 heteroatoms. The lowest BCUT2D eigenvalue weighted by Gasteiger charge is -2.21. The molecule has 26 heavy (non-hydrogen) atoms. The summed E-state index contributed by atoms with van der Waals surface area (Å²) in [5.41, 5.74) is 3.33. The Bertz CT molecular complexity index is 865. The highest BCUT2D eigenvalue weighted by molar-refractivity contribution is 6.04. The second kappa shape index (κ2) is 8.20. The standard InChI is InChI=1S/C20H21N5O/c1-3-25(17-8-4-6-15(2)10-17)20(26)18-13-24-19(14-22-18)23-12-16-7-5-9-21-11-16/h4-11,13-14H,3,12H2,1-2H3,(H,23,24). The molecule has 3 aromatic rings. The summed E-state index contributed by atoms with van der Waals surface area (Å²) in [5.74, 6) is 0.452. The maximum atomic E-state index is 12.8. The van der Waals surface area contributed by atoms with Gasteiger partial charge in [-0.2, -0.15) is 0 Å². The number of amides is 1. The molecule has 0 saturated heterocycles. The van der Waals surface area contributed by atoms with Gasteiger partial charge in [-0.15, -0.1) is 0 Å². The SMILES string of the molecule is CCN(C(=O)c1cnc(NCc2cccnc2)cn1)c1cccc(C)c1. The topological polar surface area (TPSA) is 71.0 Å². The summed E-state index contributed by atoms with van der Waals surface area (Å²) in [6, 6.07) is 11.7. The van der Waals surface area contributed by atoms with Crippen LogP contribution in [0.3, 0.4) is 0 Å². The minimum atomic E-state index is -0.163. The molecule has 1 amide bonds. The molecule has 0 atom stereocenters. The van der Waals surface area contributed by atoms with Crippen LogP contribution in [0.1, 0.15) is 28.5 Å². The number of aromatic nitrogens is 3. The van der Waals surface area contributed by atoms with E-state index in [0.29, 0.717) is 24.6 Å². The first-order valence-electron chi connectivity index (χ1n) is 8.50. The van der Waals surface area contributed by atoms with E-state index in [1.807, 2.05) is 50.2 Å². The molecule has 3 rings (SSSR count). The lowest BCUT2D eigenvalue weighted by molar-refractivity contribution is 0.0983. The van der Waals surface area contributed by atoms with Gasteiger partial charge in [0.2, 0.25) is 0 Å². The van der Waals surface area contributed by atoms with Gasteiger partial charge in [0.1, 0.15) is 11.5 Å². The van der Waals surface area contributed by atoms with E-state index >= 15 is 0 Å². The summed E-state index contributed by atoms with van der Waals surface area (Å²) in [6.07, 6.45) is 6.61. The van der Waals surface area contributed by atoms with E-state index in [4.69, 9.17) is 0 Å². The summed E-state index contributed by atoms with van der Waals surface area (Å²) in [4.78, 5) is 27.1. The van der Waals surface area contributed by atoms with E-state index in [1.165, 1.54) is 6.20 Å². The third kappa shape index (κ3) is 4.22. The second-order valence-electron chi connectivity index (χ2n) is 5.89. The smallest absolute Gasteiger partial charge is 0.278 e. The third-order valence-corrected chi connectivity index (χ3v) is 3.94. The van der Waals surface area contributed by atoms with Crippen LogP contribution in [0.15, 0.2) is 61.2 Å². The molecule has 0 unspecified atom stereocenters. The van der Waals surface area contributed by atoms with Crippen molar-refractivity contribution in [1.29, 1.82) is 0 Å². The van der Waals surface area contributed by atoms with E-state index in [-0.39, 0.29) is 5.91 Å². The number of pyridine rings is 1. The monoisotopic (exact) mass is 347 g/mol. The first kappa shape index (κ1) is 17.5. The largest absolute Gasteiger partial charge is 0.365 e. The van der Waals surface area contributed by atoms with E-state index in [1.54, 1.807) is 23.5 Å². The zero-order chi connectivity index (χ0) is 18.4. The highest BCUT2D eigenvalue weighted by atomic mass is 16.2. The molecular formula is C20H21N5O. The summed E-state index contributed by atoms with van der Waals surface area (Å²) >= 11 is 0. The molecule has 0 aliphatic carbocycles. The average Bonchev–Trinajstić information content (AvgIpc) is 2.68. The van der Waals surface area contributed by atoms with Crippen LogP contribution in [0.4, 0.5) is 11.5 Å². The molecule has 1 N–H and O–H groups in total. The Morgan fingerprint density at radius 2 is 2.00 bits per heavy atom. The van der Waals surface area contributed by atoms with Crippen molar-refractivity contribution in [2.45, 2.75) is 20.4 Å². The van der Waals surface area contributed by atoms with Gasteiger partial charge in [0.25, 0.3) is 5.91 Å². The normalized spacial score (nSPS) is 10.4. The molecule has 0 radical (unpaired) electrons. The highest BCUT2D eigenvalue weighted by Crippen LogP contribution is 2.18. The second-order valence-corrected chi connectivity index (χ2v) is 5.89. The number of carbonyl (C=O) groups excluding carboxylic acids is 1. The first-order valence-corrected chi connectivity index (χ1v) is 8.50. The van der Waals surface area contributed by atoms with Crippen molar-refractivity contribution in [2.24, 2.45) is 0 Å². The van der Waals surface area contributed by atoms with Gasteiger partial charge >= 0.3 is 0 Å². The Labute approximate surface area is 153 Å². The fourth-order valence-electron chi connectivity index (χ4n) is 2.60. The highest BCUT2D eigenvalue weighted by Gasteiger charge is 2.17. The molecule has 0 spiro atoms. The van der Waals surface area contributed by atoms with Crippen molar-refractivity contribution in [3.63, 3.8) is 0 Å². The van der Waals surface area contributed by atoms with Crippen molar-refractivity contribution < 1.29 is 4.79 Å². The van der Waals surface area contributed by atoms with E-state index < -0.39 is 0 Å². The van der Waals surface area contributed by atoms with Crippen LogP contribution in [-0.4, -0.2) is 27.4 Å². The van der Waals surface area contributed by atoms with Crippen molar-refractivity contribution in [2.75, 3.05) is 16.8 Å². The number of anilines is 2. The zero-order valence-electron chi connectivity index (χ0n) is 14.9. The van der Waals surface area contributed by atoms with E-state index in [9.17, 15) is 4.79 Å². The number of hydrogen-bond donors (Lipinski definition) is 1. The Kier molecular flexibility index (Phi) is 5.53. The lowest BCUT2D eigenvalue weighted by Crippen LogP contribution is -2.31. The van der Waals surface area contributed by atoms with Crippen molar-refractivity contribution >= 4 is 17.4 Å². The molecular weight excluding hydrogens is 326 g/mol. The average molecular weight is 347 g/mol. The Morgan fingerprint density at radius 3 is 2.65 bits per heavy atom. The van der Waals surface area contributed by atoms with Gasteiger partial charge in [0, 0.05) is 31.2 Å². The lowest BCUT2D eigenvalue weighted by atomic mass is 10.2. The Morgan fingerprint density at radius 1 is 1.12 bits per heavy atom.